The summed E-state index contributed by atoms with van der Waals surface area (Å²) in [5.41, 5.74) is 0.601. The molecule has 2 aliphatic heterocycles. The molecule has 80 valence electrons. The molecule has 0 amide bonds. The number of ether oxygens (including phenoxy) is 1. The van der Waals surface area contributed by atoms with Crippen molar-refractivity contribution in [1.82, 2.24) is 10.2 Å². The van der Waals surface area contributed by atoms with Gasteiger partial charge in [0.15, 0.2) is 0 Å². The fraction of sp³-hybridized carbons (Fsp3) is 0.600. The maximum Gasteiger partial charge on any atom is 0.266 e. The molecule has 5 heteroatoms. The molecule has 0 radical (unpaired) electrons. The standard InChI is InChI=1S/C10H13N3O2/c14-10-3-6(5-11-13-10)12-8-4-7-1-2-9(8)15-7/h3,5,7-9H,1-2,4H2,(H2,12,13,14). The van der Waals surface area contributed by atoms with Crippen molar-refractivity contribution < 1.29 is 4.74 Å². The smallest absolute Gasteiger partial charge is 0.266 e. The molecule has 2 bridgehead atoms. The minimum absolute atomic E-state index is 0.177. The molecule has 0 spiro atoms. The number of nitrogens with one attached hydrogen (secondary N) is 2. The third kappa shape index (κ3) is 1.63. The largest absolute Gasteiger partial charge is 0.378 e. The van der Waals surface area contributed by atoms with E-state index in [-0.39, 0.29) is 5.56 Å². The van der Waals surface area contributed by atoms with Gasteiger partial charge in [0.2, 0.25) is 0 Å². The first-order valence-corrected chi connectivity index (χ1v) is 5.28. The Balaban J connectivity index is 1.73. The highest BCUT2D eigenvalue weighted by atomic mass is 16.5. The zero-order valence-corrected chi connectivity index (χ0v) is 8.27. The lowest BCUT2D eigenvalue weighted by molar-refractivity contribution is 0.102. The summed E-state index contributed by atoms with van der Waals surface area (Å²) in [6.07, 6.45) is 5.71. The summed E-state index contributed by atoms with van der Waals surface area (Å²) in [6, 6.07) is 1.87. The first kappa shape index (κ1) is 8.91. The van der Waals surface area contributed by atoms with E-state index >= 15 is 0 Å². The van der Waals surface area contributed by atoms with Gasteiger partial charge in [-0.1, -0.05) is 0 Å². The average Bonchev–Trinajstić information content (AvgIpc) is 2.79. The summed E-state index contributed by atoms with van der Waals surface area (Å²) in [7, 11) is 0. The molecule has 3 rings (SSSR count). The summed E-state index contributed by atoms with van der Waals surface area (Å²) in [5, 5.41) is 9.41. The second-order valence-corrected chi connectivity index (χ2v) is 4.19. The van der Waals surface area contributed by atoms with Crippen LogP contribution in [0.5, 0.6) is 0 Å². The lowest BCUT2D eigenvalue weighted by Gasteiger charge is -2.20. The Morgan fingerprint density at radius 2 is 2.47 bits per heavy atom. The number of nitrogens with zero attached hydrogens (tertiary/aromatic N) is 1. The molecule has 2 aliphatic rings. The topological polar surface area (TPSA) is 67.0 Å². The van der Waals surface area contributed by atoms with E-state index in [1.807, 2.05) is 0 Å². The number of hydrogen-bond donors (Lipinski definition) is 2. The van der Waals surface area contributed by atoms with Crippen LogP contribution in [0, 0.1) is 0 Å². The molecule has 2 fully saturated rings. The number of H-pyrrole nitrogens is 1. The quantitative estimate of drug-likeness (QED) is 0.741. The third-order valence-corrected chi connectivity index (χ3v) is 3.12. The van der Waals surface area contributed by atoms with Crippen LogP contribution in [-0.2, 0) is 4.74 Å². The first-order chi connectivity index (χ1) is 7.31. The van der Waals surface area contributed by atoms with E-state index in [1.54, 1.807) is 6.20 Å². The van der Waals surface area contributed by atoms with E-state index in [9.17, 15) is 4.79 Å². The predicted octanol–water partition coefficient (Wildman–Crippen LogP) is 0.502. The van der Waals surface area contributed by atoms with Gasteiger partial charge in [-0.3, -0.25) is 4.79 Å². The van der Waals surface area contributed by atoms with Crippen LogP contribution >= 0.6 is 0 Å². The fourth-order valence-corrected chi connectivity index (χ4v) is 2.46. The summed E-state index contributed by atoms with van der Waals surface area (Å²) >= 11 is 0. The van der Waals surface area contributed by atoms with Crippen LogP contribution < -0.4 is 10.9 Å². The second-order valence-electron chi connectivity index (χ2n) is 4.19. The molecule has 1 aromatic rings. The molecule has 15 heavy (non-hydrogen) atoms. The number of hydrogen-bond acceptors (Lipinski definition) is 4. The van der Waals surface area contributed by atoms with Crippen LogP contribution in [0.1, 0.15) is 19.3 Å². The molecule has 0 aliphatic carbocycles. The molecule has 0 aromatic carbocycles. The molecule has 2 saturated heterocycles. The van der Waals surface area contributed by atoms with Gasteiger partial charge in [0, 0.05) is 6.07 Å². The maximum atomic E-state index is 11.0. The highest BCUT2D eigenvalue weighted by Crippen LogP contribution is 2.35. The molecule has 2 N–H and O–H groups in total. The van der Waals surface area contributed by atoms with Gasteiger partial charge in [0.1, 0.15) is 0 Å². The summed E-state index contributed by atoms with van der Waals surface area (Å²) in [5.74, 6) is 0. The predicted molar refractivity (Wildman–Crippen MR) is 54.8 cm³/mol. The van der Waals surface area contributed by atoms with Crippen molar-refractivity contribution in [3.05, 3.63) is 22.6 Å². The lowest BCUT2D eigenvalue weighted by Crippen LogP contribution is -2.30. The molecular formula is C10H13N3O2. The Hall–Kier alpha value is -1.36. The molecule has 3 atom stereocenters. The second kappa shape index (κ2) is 3.34. The highest BCUT2D eigenvalue weighted by Gasteiger charge is 2.40. The van der Waals surface area contributed by atoms with Gasteiger partial charge >= 0.3 is 0 Å². The SMILES string of the molecule is O=c1cc(NC2CC3CCC2O3)cn[nH]1. The van der Waals surface area contributed by atoms with Crippen molar-refractivity contribution >= 4 is 5.69 Å². The van der Waals surface area contributed by atoms with Gasteiger partial charge in [-0.05, 0) is 19.3 Å². The van der Waals surface area contributed by atoms with E-state index in [0.717, 1.165) is 18.5 Å². The number of aromatic nitrogens is 2. The number of aromatic amines is 1. The van der Waals surface area contributed by atoms with Crippen molar-refractivity contribution in [3.8, 4) is 0 Å². The first-order valence-electron chi connectivity index (χ1n) is 5.28. The van der Waals surface area contributed by atoms with Gasteiger partial charge < -0.3 is 10.1 Å². The Kier molecular flexibility index (Phi) is 1.98. The molecule has 1 aromatic heterocycles. The van der Waals surface area contributed by atoms with Gasteiger partial charge in [-0.25, -0.2) is 5.10 Å². The number of fused-ring (bicyclic) bond motifs is 2. The van der Waals surface area contributed by atoms with Crippen LogP contribution in [0.25, 0.3) is 0 Å². The van der Waals surface area contributed by atoms with E-state index in [0.29, 0.717) is 18.2 Å². The fourth-order valence-electron chi connectivity index (χ4n) is 2.46. The molecule has 0 saturated carbocycles. The van der Waals surface area contributed by atoms with Crippen LogP contribution in [0.3, 0.4) is 0 Å². The van der Waals surface area contributed by atoms with E-state index in [4.69, 9.17) is 4.74 Å². The number of anilines is 1. The minimum Gasteiger partial charge on any atom is -0.378 e. The highest BCUT2D eigenvalue weighted by molar-refractivity contribution is 5.40. The van der Waals surface area contributed by atoms with Crippen molar-refractivity contribution in [1.29, 1.82) is 0 Å². The molecular weight excluding hydrogens is 194 g/mol. The molecule has 3 heterocycles. The van der Waals surface area contributed by atoms with Gasteiger partial charge in [0.25, 0.3) is 5.56 Å². The normalized spacial score (nSPS) is 33.2. The number of rotatable bonds is 2. The average molecular weight is 207 g/mol. The van der Waals surface area contributed by atoms with E-state index in [1.165, 1.54) is 12.5 Å². The van der Waals surface area contributed by atoms with Crippen LogP contribution in [0.2, 0.25) is 0 Å². The Morgan fingerprint density at radius 3 is 3.13 bits per heavy atom. The van der Waals surface area contributed by atoms with Crippen molar-refractivity contribution in [2.75, 3.05) is 5.32 Å². The van der Waals surface area contributed by atoms with Crippen molar-refractivity contribution in [3.63, 3.8) is 0 Å². The third-order valence-electron chi connectivity index (χ3n) is 3.12. The van der Waals surface area contributed by atoms with Gasteiger partial charge in [-0.2, -0.15) is 5.10 Å². The summed E-state index contributed by atoms with van der Waals surface area (Å²) < 4.78 is 5.72. The minimum atomic E-state index is -0.177. The summed E-state index contributed by atoms with van der Waals surface area (Å²) in [4.78, 5) is 11.0. The molecule has 5 nitrogen and oxygen atoms in total. The van der Waals surface area contributed by atoms with Gasteiger partial charge in [-0.15, -0.1) is 0 Å². The Labute approximate surface area is 86.8 Å². The lowest BCUT2D eigenvalue weighted by atomic mass is 9.95. The van der Waals surface area contributed by atoms with E-state index in [2.05, 4.69) is 15.5 Å². The zero-order valence-electron chi connectivity index (χ0n) is 8.27. The van der Waals surface area contributed by atoms with Crippen molar-refractivity contribution in [2.45, 2.75) is 37.5 Å². The van der Waals surface area contributed by atoms with Gasteiger partial charge in [0.05, 0.1) is 30.1 Å². The van der Waals surface area contributed by atoms with Crippen LogP contribution in [0.15, 0.2) is 17.1 Å². The monoisotopic (exact) mass is 207 g/mol. The van der Waals surface area contributed by atoms with Crippen LogP contribution in [-0.4, -0.2) is 28.4 Å². The van der Waals surface area contributed by atoms with E-state index < -0.39 is 0 Å². The van der Waals surface area contributed by atoms with Crippen LogP contribution in [0.4, 0.5) is 5.69 Å². The van der Waals surface area contributed by atoms with Crippen molar-refractivity contribution in [2.24, 2.45) is 0 Å². The summed E-state index contributed by atoms with van der Waals surface area (Å²) in [6.45, 7) is 0. The maximum absolute atomic E-state index is 11.0. The Bertz CT molecular complexity index is 417. The zero-order chi connectivity index (χ0) is 10.3. The molecule has 3 unspecified atom stereocenters. The Morgan fingerprint density at radius 1 is 1.53 bits per heavy atom.